The lowest BCUT2D eigenvalue weighted by molar-refractivity contribution is 0.0696. The van der Waals surface area contributed by atoms with Gasteiger partial charge in [-0.25, -0.2) is 0 Å². The van der Waals surface area contributed by atoms with Crippen molar-refractivity contribution in [1.82, 2.24) is 0 Å². The molecule has 1 aromatic carbocycles. The van der Waals surface area contributed by atoms with E-state index in [-0.39, 0.29) is 12.0 Å². The van der Waals surface area contributed by atoms with Gasteiger partial charge in [0.05, 0.1) is 5.60 Å². The highest BCUT2D eigenvalue weighted by Gasteiger charge is 2.19. The van der Waals surface area contributed by atoms with Crippen molar-refractivity contribution < 1.29 is 5.11 Å². The van der Waals surface area contributed by atoms with E-state index in [4.69, 9.17) is 5.73 Å². The van der Waals surface area contributed by atoms with Crippen LogP contribution in [0.5, 0.6) is 0 Å². The van der Waals surface area contributed by atoms with Gasteiger partial charge in [-0.15, -0.1) is 0 Å². The van der Waals surface area contributed by atoms with Crippen molar-refractivity contribution >= 4 is 0 Å². The Morgan fingerprint density at radius 3 is 1.94 bits per heavy atom. The minimum absolute atomic E-state index is 0.176. The van der Waals surface area contributed by atoms with Crippen molar-refractivity contribution in [2.45, 2.75) is 45.1 Å². The molecular weight excluding hydrogens is 198 g/mol. The quantitative estimate of drug-likeness (QED) is 0.822. The topological polar surface area (TPSA) is 46.2 Å². The first-order valence-electron chi connectivity index (χ1n) is 5.76. The molecular formula is C14H23NO. The molecule has 2 nitrogen and oxygen atoms in total. The predicted molar refractivity (Wildman–Crippen MR) is 68.5 cm³/mol. The maximum absolute atomic E-state index is 9.88. The van der Waals surface area contributed by atoms with Gasteiger partial charge in [-0.05, 0) is 23.5 Å². The molecule has 0 heterocycles. The lowest BCUT2D eigenvalue weighted by Crippen LogP contribution is -2.36. The lowest BCUT2D eigenvalue weighted by Gasteiger charge is -2.22. The monoisotopic (exact) mass is 221 g/mol. The molecule has 0 fully saturated rings. The largest absolute Gasteiger partial charge is 0.389 e. The zero-order valence-electron chi connectivity index (χ0n) is 10.7. The standard InChI is InChI=1S/C14H23NO/c1-13(2,3)12-7-5-11(6-8-12)9-14(4,16)10-15/h5-8,16H,9-10,15H2,1-4H3. The van der Waals surface area contributed by atoms with Crippen molar-refractivity contribution in [3.8, 4) is 0 Å². The van der Waals surface area contributed by atoms with Crippen LogP contribution < -0.4 is 5.73 Å². The Kier molecular flexibility index (Phi) is 3.76. The van der Waals surface area contributed by atoms with E-state index in [0.717, 1.165) is 5.56 Å². The number of rotatable bonds is 3. The first kappa shape index (κ1) is 13.2. The maximum Gasteiger partial charge on any atom is 0.0781 e. The fraction of sp³-hybridized carbons (Fsp3) is 0.571. The van der Waals surface area contributed by atoms with Crippen molar-refractivity contribution in [2.75, 3.05) is 6.54 Å². The van der Waals surface area contributed by atoms with E-state index in [1.54, 1.807) is 6.92 Å². The highest BCUT2D eigenvalue weighted by atomic mass is 16.3. The second-order valence-corrected chi connectivity index (χ2v) is 5.82. The van der Waals surface area contributed by atoms with E-state index >= 15 is 0 Å². The van der Waals surface area contributed by atoms with Crippen LogP contribution in [0.3, 0.4) is 0 Å². The minimum Gasteiger partial charge on any atom is -0.389 e. The van der Waals surface area contributed by atoms with Gasteiger partial charge in [0.2, 0.25) is 0 Å². The van der Waals surface area contributed by atoms with Gasteiger partial charge in [0, 0.05) is 13.0 Å². The first-order valence-corrected chi connectivity index (χ1v) is 5.76. The number of hydrogen-bond acceptors (Lipinski definition) is 2. The Morgan fingerprint density at radius 2 is 1.56 bits per heavy atom. The fourth-order valence-corrected chi connectivity index (χ4v) is 1.63. The zero-order valence-corrected chi connectivity index (χ0v) is 10.7. The Bertz CT molecular complexity index is 333. The first-order chi connectivity index (χ1) is 7.24. The number of aliphatic hydroxyl groups is 1. The average Bonchev–Trinajstić information content (AvgIpc) is 2.16. The SMILES string of the molecule is CC(O)(CN)Cc1ccc(C(C)(C)C)cc1. The van der Waals surface area contributed by atoms with E-state index in [1.807, 2.05) is 0 Å². The third-order valence-electron chi connectivity index (χ3n) is 2.84. The average molecular weight is 221 g/mol. The van der Waals surface area contributed by atoms with E-state index in [0.29, 0.717) is 6.42 Å². The molecule has 90 valence electrons. The van der Waals surface area contributed by atoms with Gasteiger partial charge in [0.1, 0.15) is 0 Å². The summed E-state index contributed by atoms with van der Waals surface area (Å²) in [4.78, 5) is 0. The van der Waals surface area contributed by atoms with E-state index < -0.39 is 5.60 Å². The molecule has 3 N–H and O–H groups in total. The molecule has 0 spiro atoms. The van der Waals surface area contributed by atoms with Gasteiger partial charge >= 0.3 is 0 Å². The third kappa shape index (κ3) is 3.62. The van der Waals surface area contributed by atoms with Gasteiger partial charge in [-0.1, -0.05) is 45.0 Å². The van der Waals surface area contributed by atoms with Gasteiger partial charge in [-0.3, -0.25) is 0 Å². The molecule has 0 saturated heterocycles. The molecule has 0 radical (unpaired) electrons. The van der Waals surface area contributed by atoms with Crippen LogP contribution >= 0.6 is 0 Å². The summed E-state index contributed by atoms with van der Waals surface area (Å²) in [6.45, 7) is 8.63. The Morgan fingerprint density at radius 1 is 1.06 bits per heavy atom. The summed E-state index contributed by atoms with van der Waals surface area (Å²) in [5.41, 5.74) is 7.31. The molecule has 1 unspecified atom stereocenters. The Labute approximate surface area is 98.5 Å². The summed E-state index contributed by atoms with van der Waals surface area (Å²) in [7, 11) is 0. The third-order valence-corrected chi connectivity index (χ3v) is 2.84. The van der Waals surface area contributed by atoms with E-state index in [9.17, 15) is 5.11 Å². The molecule has 0 amide bonds. The molecule has 1 rings (SSSR count). The van der Waals surface area contributed by atoms with Crippen molar-refractivity contribution in [2.24, 2.45) is 5.73 Å². The van der Waals surface area contributed by atoms with Crippen LogP contribution in [0.25, 0.3) is 0 Å². The van der Waals surface area contributed by atoms with Crippen LogP contribution in [0.15, 0.2) is 24.3 Å². The Balaban J connectivity index is 2.80. The highest BCUT2D eigenvalue weighted by molar-refractivity contribution is 5.28. The highest BCUT2D eigenvalue weighted by Crippen LogP contribution is 2.23. The lowest BCUT2D eigenvalue weighted by atomic mass is 9.86. The van der Waals surface area contributed by atoms with Gasteiger partial charge in [0.15, 0.2) is 0 Å². The van der Waals surface area contributed by atoms with E-state index in [1.165, 1.54) is 5.56 Å². The molecule has 1 aromatic rings. The van der Waals surface area contributed by atoms with Crippen LogP contribution in [0, 0.1) is 0 Å². The Hall–Kier alpha value is -0.860. The number of hydrogen-bond donors (Lipinski definition) is 2. The molecule has 0 bridgehead atoms. The zero-order chi connectivity index (χ0) is 12.4. The van der Waals surface area contributed by atoms with Crippen LogP contribution in [0.2, 0.25) is 0 Å². The summed E-state index contributed by atoms with van der Waals surface area (Å²) >= 11 is 0. The van der Waals surface area contributed by atoms with Gasteiger partial charge < -0.3 is 10.8 Å². The van der Waals surface area contributed by atoms with Crippen molar-refractivity contribution in [1.29, 1.82) is 0 Å². The second kappa shape index (κ2) is 4.56. The summed E-state index contributed by atoms with van der Waals surface area (Å²) in [6.07, 6.45) is 0.605. The molecule has 1 atom stereocenters. The van der Waals surface area contributed by atoms with Crippen LogP contribution in [0.4, 0.5) is 0 Å². The molecule has 0 aliphatic heterocycles. The van der Waals surface area contributed by atoms with Crippen molar-refractivity contribution in [3.05, 3.63) is 35.4 Å². The number of nitrogens with two attached hydrogens (primary N) is 1. The summed E-state index contributed by atoms with van der Waals surface area (Å²) in [6, 6.07) is 8.40. The van der Waals surface area contributed by atoms with Crippen LogP contribution in [-0.4, -0.2) is 17.3 Å². The molecule has 0 saturated carbocycles. The van der Waals surface area contributed by atoms with Crippen LogP contribution in [-0.2, 0) is 11.8 Å². The van der Waals surface area contributed by atoms with Gasteiger partial charge in [-0.2, -0.15) is 0 Å². The fourth-order valence-electron chi connectivity index (χ4n) is 1.63. The maximum atomic E-state index is 9.88. The normalized spacial score (nSPS) is 15.9. The molecule has 16 heavy (non-hydrogen) atoms. The molecule has 0 aliphatic rings. The summed E-state index contributed by atoms with van der Waals surface area (Å²) in [5.74, 6) is 0. The predicted octanol–water partition coefficient (Wildman–Crippen LogP) is 2.24. The molecule has 2 heteroatoms. The summed E-state index contributed by atoms with van der Waals surface area (Å²) < 4.78 is 0. The molecule has 0 aromatic heterocycles. The van der Waals surface area contributed by atoms with Crippen molar-refractivity contribution in [3.63, 3.8) is 0 Å². The smallest absolute Gasteiger partial charge is 0.0781 e. The summed E-state index contributed by atoms with van der Waals surface area (Å²) in [5, 5.41) is 9.88. The second-order valence-electron chi connectivity index (χ2n) is 5.82. The minimum atomic E-state index is -0.802. The van der Waals surface area contributed by atoms with Crippen LogP contribution in [0.1, 0.15) is 38.8 Å². The van der Waals surface area contributed by atoms with Gasteiger partial charge in [0.25, 0.3) is 0 Å². The van der Waals surface area contributed by atoms with E-state index in [2.05, 4.69) is 45.0 Å². The number of benzene rings is 1. The molecule has 0 aliphatic carbocycles.